The molecule has 4 aromatic rings. The molecule has 0 spiro atoms. The molecule has 1 N–H and O–H groups in total. The highest BCUT2D eigenvalue weighted by Gasteiger charge is 2.12. The third-order valence-corrected chi connectivity index (χ3v) is 5.48. The molecule has 152 valence electrons. The Balaban J connectivity index is 1.44. The molecule has 0 saturated heterocycles. The Morgan fingerprint density at radius 3 is 2.87 bits per heavy atom. The molecule has 0 atom stereocenters. The van der Waals surface area contributed by atoms with E-state index >= 15 is 0 Å². The van der Waals surface area contributed by atoms with Crippen LogP contribution in [0.2, 0.25) is 10.0 Å². The molecule has 0 aliphatic carbocycles. The number of thiazole rings is 1. The third kappa shape index (κ3) is 4.99. The fourth-order valence-electron chi connectivity index (χ4n) is 2.76. The van der Waals surface area contributed by atoms with E-state index in [1.54, 1.807) is 58.9 Å². The highest BCUT2D eigenvalue weighted by atomic mass is 35.5. The van der Waals surface area contributed by atoms with Gasteiger partial charge in [-0.15, -0.1) is 11.3 Å². The van der Waals surface area contributed by atoms with Gasteiger partial charge in [0.1, 0.15) is 18.2 Å². The van der Waals surface area contributed by atoms with Crippen LogP contribution in [0, 0.1) is 0 Å². The second kappa shape index (κ2) is 9.30. The lowest BCUT2D eigenvalue weighted by molar-refractivity contribution is 0.102. The van der Waals surface area contributed by atoms with Crippen molar-refractivity contribution in [3.05, 3.63) is 92.5 Å². The Morgan fingerprint density at radius 2 is 2.07 bits per heavy atom. The van der Waals surface area contributed by atoms with E-state index in [2.05, 4.69) is 15.4 Å². The Kier molecular flexibility index (Phi) is 6.32. The standard InChI is InChI=1S/C21H16Cl2N4O2S/c22-16-5-4-15(19(23)9-16)10-27-20(6-7-25-27)26-21(28)14-2-1-3-18(8-14)29-11-17-12-30-13-24-17/h1-9,12-13H,10-11H2,(H,26,28). The van der Waals surface area contributed by atoms with Crippen LogP contribution in [0.3, 0.4) is 0 Å². The van der Waals surface area contributed by atoms with Crippen LogP contribution in [0.15, 0.2) is 65.6 Å². The average Bonchev–Trinajstić information content (AvgIpc) is 3.41. The molecule has 0 aliphatic rings. The molecule has 2 aromatic heterocycles. The number of amides is 1. The summed E-state index contributed by atoms with van der Waals surface area (Å²) in [6, 6.07) is 14.0. The molecule has 30 heavy (non-hydrogen) atoms. The van der Waals surface area contributed by atoms with Crippen LogP contribution in [0.5, 0.6) is 5.75 Å². The molecule has 1 amide bonds. The number of carbonyl (C=O) groups excluding carboxylic acids is 1. The van der Waals surface area contributed by atoms with E-state index < -0.39 is 0 Å². The molecular weight excluding hydrogens is 443 g/mol. The summed E-state index contributed by atoms with van der Waals surface area (Å²) in [5, 5.41) is 10.2. The lowest BCUT2D eigenvalue weighted by Crippen LogP contribution is -2.16. The predicted molar refractivity (Wildman–Crippen MR) is 119 cm³/mol. The summed E-state index contributed by atoms with van der Waals surface area (Å²) in [5.74, 6) is 0.884. The van der Waals surface area contributed by atoms with Gasteiger partial charge in [0.05, 0.1) is 23.9 Å². The molecule has 9 heteroatoms. The number of aromatic nitrogens is 3. The van der Waals surface area contributed by atoms with Crippen molar-refractivity contribution >= 4 is 46.3 Å². The monoisotopic (exact) mass is 458 g/mol. The average molecular weight is 459 g/mol. The van der Waals surface area contributed by atoms with Crippen LogP contribution in [0.25, 0.3) is 0 Å². The van der Waals surface area contributed by atoms with Crippen LogP contribution >= 0.6 is 34.5 Å². The third-order valence-electron chi connectivity index (χ3n) is 4.26. The Morgan fingerprint density at radius 1 is 1.17 bits per heavy atom. The van der Waals surface area contributed by atoms with Crippen molar-refractivity contribution in [2.24, 2.45) is 0 Å². The lowest BCUT2D eigenvalue weighted by Gasteiger charge is -2.11. The van der Waals surface area contributed by atoms with Gasteiger partial charge in [0.15, 0.2) is 0 Å². The van der Waals surface area contributed by atoms with Gasteiger partial charge in [0.2, 0.25) is 0 Å². The largest absolute Gasteiger partial charge is 0.487 e. The van der Waals surface area contributed by atoms with Gasteiger partial charge in [-0.3, -0.25) is 4.79 Å². The smallest absolute Gasteiger partial charge is 0.256 e. The summed E-state index contributed by atoms with van der Waals surface area (Å²) in [6.45, 7) is 0.749. The lowest BCUT2D eigenvalue weighted by atomic mass is 10.2. The van der Waals surface area contributed by atoms with E-state index in [9.17, 15) is 4.79 Å². The van der Waals surface area contributed by atoms with Gasteiger partial charge in [0.25, 0.3) is 5.91 Å². The molecule has 6 nitrogen and oxygen atoms in total. The van der Waals surface area contributed by atoms with Crippen molar-refractivity contribution in [1.82, 2.24) is 14.8 Å². The first kappa shape index (κ1) is 20.4. The summed E-state index contributed by atoms with van der Waals surface area (Å²) in [5.41, 5.74) is 3.92. The minimum atomic E-state index is -0.266. The summed E-state index contributed by atoms with van der Waals surface area (Å²) >= 11 is 13.7. The number of carbonyl (C=O) groups is 1. The molecule has 0 radical (unpaired) electrons. The second-order valence-electron chi connectivity index (χ2n) is 6.36. The maximum absolute atomic E-state index is 12.8. The zero-order valence-corrected chi connectivity index (χ0v) is 17.9. The fourth-order valence-corrected chi connectivity index (χ4v) is 3.77. The second-order valence-corrected chi connectivity index (χ2v) is 7.92. The Bertz CT molecular complexity index is 1160. The number of benzene rings is 2. The molecule has 0 aliphatic heterocycles. The van der Waals surface area contributed by atoms with Crippen LogP contribution in [-0.4, -0.2) is 20.7 Å². The molecule has 0 fully saturated rings. The van der Waals surface area contributed by atoms with Gasteiger partial charge in [-0.1, -0.05) is 35.3 Å². The number of rotatable bonds is 7. The van der Waals surface area contributed by atoms with Crippen LogP contribution in [0.4, 0.5) is 5.82 Å². The molecule has 0 unspecified atom stereocenters. The maximum Gasteiger partial charge on any atom is 0.256 e. The maximum atomic E-state index is 12.8. The first-order chi connectivity index (χ1) is 14.6. The van der Waals surface area contributed by atoms with Crippen molar-refractivity contribution < 1.29 is 9.53 Å². The van der Waals surface area contributed by atoms with E-state index in [0.29, 0.717) is 40.3 Å². The van der Waals surface area contributed by atoms with Crippen molar-refractivity contribution in [3.63, 3.8) is 0 Å². The summed E-state index contributed by atoms with van der Waals surface area (Å²) in [7, 11) is 0. The number of ether oxygens (including phenoxy) is 1. The number of anilines is 1. The van der Waals surface area contributed by atoms with E-state index in [4.69, 9.17) is 27.9 Å². The van der Waals surface area contributed by atoms with Crippen molar-refractivity contribution in [2.45, 2.75) is 13.2 Å². The number of nitrogens with one attached hydrogen (secondary N) is 1. The van der Waals surface area contributed by atoms with E-state index in [0.717, 1.165) is 11.3 Å². The summed E-state index contributed by atoms with van der Waals surface area (Å²) in [4.78, 5) is 16.9. The fraction of sp³-hybridized carbons (Fsp3) is 0.0952. The SMILES string of the molecule is O=C(Nc1ccnn1Cc1ccc(Cl)cc1Cl)c1cccc(OCc2cscn2)c1. The molecule has 0 bridgehead atoms. The summed E-state index contributed by atoms with van der Waals surface area (Å²) < 4.78 is 7.39. The summed E-state index contributed by atoms with van der Waals surface area (Å²) in [6.07, 6.45) is 1.62. The topological polar surface area (TPSA) is 69.0 Å². The Hall–Kier alpha value is -2.87. The van der Waals surface area contributed by atoms with Crippen molar-refractivity contribution in [1.29, 1.82) is 0 Å². The first-order valence-corrected chi connectivity index (χ1v) is 10.7. The van der Waals surface area contributed by atoms with E-state index in [1.165, 1.54) is 11.3 Å². The first-order valence-electron chi connectivity index (χ1n) is 8.95. The van der Waals surface area contributed by atoms with Gasteiger partial charge in [-0.2, -0.15) is 5.10 Å². The number of hydrogen-bond donors (Lipinski definition) is 1. The zero-order chi connectivity index (χ0) is 20.9. The predicted octanol–water partition coefficient (Wildman–Crippen LogP) is 5.53. The molecular formula is C21H16Cl2N4O2S. The van der Waals surface area contributed by atoms with Gasteiger partial charge in [0, 0.05) is 27.1 Å². The number of nitrogens with zero attached hydrogens (tertiary/aromatic N) is 3. The normalized spacial score (nSPS) is 10.7. The molecule has 2 aromatic carbocycles. The number of hydrogen-bond acceptors (Lipinski definition) is 5. The van der Waals surface area contributed by atoms with E-state index in [-0.39, 0.29) is 5.91 Å². The highest BCUT2D eigenvalue weighted by Crippen LogP contribution is 2.23. The van der Waals surface area contributed by atoms with Crippen LogP contribution in [-0.2, 0) is 13.2 Å². The van der Waals surface area contributed by atoms with Crippen LogP contribution in [0.1, 0.15) is 21.6 Å². The molecule has 4 rings (SSSR count). The minimum Gasteiger partial charge on any atom is -0.487 e. The van der Waals surface area contributed by atoms with Gasteiger partial charge in [-0.05, 0) is 35.9 Å². The highest BCUT2D eigenvalue weighted by molar-refractivity contribution is 7.07. The molecule has 2 heterocycles. The van der Waals surface area contributed by atoms with Crippen molar-refractivity contribution in [3.8, 4) is 5.75 Å². The molecule has 0 saturated carbocycles. The quantitative estimate of drug-likeness (QED) is 0.395. The zero-order valence-electron chi connectivity index (χ0n) is 15.6. The number of halogens is 2. The van der Waals surface area contributed by atoms with Gasteiger partial charge >= 0.3 is 0 Å². The van der Waals surface area contributed by atoms with Crippen molar-refractivity contribution in [2.75, 3.05) is 5.32 Å². The van der Waals surface area contributed by atoms with Gasteiger partial charge in [-0.25, -0.2) is 9.67 Å². The van der Waals surface area contributed by atoms with E-state index in [1.807, 2.05) is 11.4 Å². The minimum absolute atomic E-state index is 0.266. The van der Waals surface area contributed by atoms with Gasteiger partial charge < -0.3 is 10.1 Å². The Labute approximate surface area is 187 Å². The van der Waals surface area contributed by atoms with Crippen LogP contribution < -0.4 is 10.1 Å².